The van der Waals surface area contributed by atoms with Gasteiger partial charge in [-0.3, -0.25) is 0 Å². The Balaban J connectivity index is 3.82. The van der Waals surface area contributed by atoms with E-state index in [1.807, 2.05) is 0 Å². The van der Waals surface area contributed by atoms with Crippen LogP contribution in [0.2, 0.25) is 0 Å². The molecule has 0 bridgehead atoms. The summed E-state index contributed by atoms with van der Waals surface area (Å²) >= 11 is 0. The van der Waals surface area contributed by atoms with E-state index in [1.165, 1.54) is 51.5 Å². The Kier molecular flexibility index (Phi) is 8.26. The van der Waals surface area contributed by atoms with Crippen molar-refractivity contribution in [2.24, 2.45) is 5.41 Å². The Hall–Kier alpha value is -0.0400. The quantitative estimate of drug-likeness (QED) is 0.554. The molecule has 0 aromatic rings. The summed E-state index contributed by atoms with van der Waals surface area (Å²) in [6.07, 6.45) is 9.62. The van der Waals surface area contributed by atoms with Crippen molar-refractivity contribution in [1.82, 2.24) is 5.32 Å². The molecule has 0 aromatic carbocycles. The first kappa shape index (κ1) is 14.0. The van der Waals surface area contributed by atoms with Crippen LogP contribution in [0.3, 0.4) is 0 Å². The van der Waals surface area contributed by atoms with E-state index >= 15 is 0 Å². The van der Waals surface area contributed by atoms with Gasteiger partial charge in [-0.2, -0.15) is 0 Å². The summed E-state index contributed by atoms with van der Waals surface area (Å²) in [5.41, 5.74) is 0.572. The average Bonchev–Trinajstić information content (AvgIpc) is 2.23. The zero-order chi connectivity index (χ0) is 10.9. The molecule has 0 amide bonds. The normalized spacial score (nSPS) is 12.0. The number of unbranched alkanes of at least 4 members (excludes halogenated alkanes) is 3. The summed E-state index contributed by atoms with van der Waals surface area (Å²) in [5, 5.41) is 3.35. The van der Waals surface area contributed by atoms with Crippen LogP contribution in [0.5, 0.6) is 0 Å². The van der Waals surface area contributed by atoms with Gasteiger partial charge >= 0.3 is 0 Å². The van der Waals surface area contributed by atoms with Crippen molar-refractivity contribution in [3.63, 3.8) is 0 Å². The molecule has 0 heterocycles. The third-order valence-electron chi connectivity index (χ3n) is 3.61. The maximum absolute atomic E-state index is 3.35. The van der Waals surface area contributed by atoms with Crippen LogP contribution in [0.25, 0.3) is 0 Å². The summed E-state index contributed by atoms with van der Waals surface area (Å²) in [4.78, 5) is 0. The summed E-state index contributed by atoms with van der Waals surface area (Å²) < 4.78 is 0. The highest BCUT2D eigenvalue weighted by molar-refractivity contribution is 4.78. The lowest BCUT2D eigenvalue weighted by molar-refractivity contribution is 0.225. The second kappa shape index (κ2) is 8.28. The van der Waals surface area contributed by atoms with Crippen LogP contribution >= 0.6 is 0 Å². The van der Waals surface area contributed by atoms with Crippen LogP contribution in [0.1, 0.15) is 65.7 Å². The van der Waals surface area contributed by atoms with Crippen LogP contribution in [0, 0.1) is 5.41 Å². The highest BCUT2D eigenvalue weighted by Crippen LogP contribution is 2.32. The summed E-state index contributed by atoms with van der Waals surface area (Å²) in [6.45, 7) is 8.13. The van der Waals surface area contributed by atoms with Gasteiger partial charge in [-0.05, 0) is 31.7 Å². The molecule has 0 aliphatic heterocycles. The van der Waals surface area contributed by atoms with E-state index in [9.17, 15) is 0 Å². The Labute approximate surface area is 90.7 Å². The van der Waals surface area contributed by atoms with Gasteiger partial charge in [-0.15, -0.1) is 0 Å². The minimum atomic E-state index is 0.572. The van der Waals surface area contributed by atoms with Gasteiger partial charge in [0.1, 0.15) is 0 Å². The van der Waals surface area contributed by atoms with Crippen LogP contribution in [0.4, 0.5) is 0 Å². The smallest absolute Gasteiger partial charge is 0.000460 e. The first-order valence-corrected chi connectivity index (χ1v) is 6.39. The standard InChI is InChI=1S/C13H29N/c1-5-8-9-10-11-13(6-2,7-3)12-14-4/h14H,5-12H2,1-4H3. The lowest BCUT2D eigenvalue weighted by Gasteiger charge is -2.31. The number of hydrogen-bond acceptors (Lipinski definition) is 1. The minimum absolute atomic E-state index is 0.572. The van der Waals surface area contributed by atoms with E-state index in [0.29, 0.717) is 5.41 Å². The van der Waals surface area contributed by atoms with Gasteiger partial charge in [-0.1, -0.05) is 46.5 Å². The molecule has 0 radical (unpaired) electrons. The zero-order valence-electron chi connectivity index (χ0n) is 10.7. The fourth-order valence-electron chi connectivity index (χ4n) is 2.24. The van der Waals surface area contributed by atoms with Crippen LogP contribution in [-0.2, 0) is 0 Å². The topological polar surface area (TPSA) is 12.0 Å². The van der Waals surface area contributed by atoms with Gasteiger partial charge in [0.15, 0.2) is 0 Å². The second-order valence-corrected chi connectivity index (χ2v) is 4.55. The van der Waals surface area contributed by atoms with Crippen LogP contribution in [-0.4, -0.2) is 13.6 Å². The van der Waals surface area contributed by atoms with Gasteiger partial charge in [0, 0.05) is 6.54 Å². The molecule has 1 N–H and O–H groups in total. The Morgan fingerprint density at radius 2 is 1.57 bits per heavy atom. The lowest BCUT2D eigenvalue weighted by atomic mass is 9.77. The summed E-state index contributed by atoms with van der Waals surface area (Å²) in [5.74, 6) is 0. The first-order valence-electron chi connectivity index (χ1n) is 6.39. The van der Waals surface area contributed by atoms with Gasteiger partial charge in [0.05, 0.1) is 0 Å². The lowest BCUT2D eigenvalue weighted by Crippen LogP contribution is -2.31. The Morgan fingerprint density at radius 3 is 2.00 bits per heavy atom. The molecule has 0 atom stereocenters. The largest absolute Gasteiger partial charge is 0.319 e. The predicted molar refractivity (Wildman–Crippen MR) is 65.7 cm³/mol. The van der Waals surface area contributed by atoms with E-state index < -0.39 is 0 Å². The van der Waals surface area contributed by atoms with Gasteiger partial charge < -0.3 is 5.32 Å². The van der Waals surface area contributed by atoms with Gasteiger partial charge in [0.25, 0.3) is 0 Å². The SMILES string of the molecule is CCCCCCC(CC)(CC)CNC. The maximum Gasteiger partial charge on any atom is 0.000460 e. The van der Waals surface area contributed by atoms with Crippen molar-refractivity contribution in [3.05, 3.63) is 0 Å². The first-order chi connectivity index (χ1) is 6.74. The molecule has 0 unspecified atom stereocenters. The van der Waals surface area contributed by atoms with Crippen molar-refractivity contribution in [1.29, 1.82) is 0 Å². The molecule has 0 saturated heterocycles. The molecular weight excluding hydrogens is 170 g/mol. The summed E-state index contributed by atoms with van der Waals surface area (Å²) in [6, 6.07) is 0. The predicted octanol–water partition coefficient (Wildman–Crippen LogP) is 3.98. The number of hydrogen-bond donors (Lipinski definition) is 1. The van der Waals surface area contributed by atoms with E-state index in [0.717, 1.165) is 0 Å². The minimum Gasteiger partial charge on any atom is -0.319 e. The average molecular weight is 199 g/mol. The van der Waals surface area contributed by atoms with Gasteiger partial charge in [0.2, 0.25) is 0 Å². The zero-order valence-corrected chi connectivity index (χ0v) is 10.7. The third-order valence-corrected chi connectivity index (χ3v) is 3.61. The fraction of sp³-hybridized carbons (Fsp3) is 1.00. The van der Waals surface area contributed by atoms with Crippen molar-refractivity contribution in [2.45, 2.75) is 65.7 Å². The van der Waals surface area contributed by atoms with Crippen molar-refractivity contribution >= 4 is 0 Å². The molecule has 1 nitrogen and oxygen atoms in total. The van der Waals surface area contributed by atoms with Crippen molar-refractivity contribution in [2.75, 3.05) is 13.6 Å². The highest BCUT2D eigenvalue weighted by Gasteiger charge is 2.24. The van der Waals surface area contributed by atoms with E-state index in [4.69, 9.17) is 0 Å². The molecule has 0 spiro atoms. The Morgan fingerprint density at radius 1 is 0.929 bits per heavy atom. The van der Waals surface area contributed by atoms with Crippen LogP contribution < -0.4 is 5.32 Å². The molecule has 14 heavy (non-hydrogen) atoms. The molecule has 1 heteroatoms. The van der Waals surface area contributed by atoms with Crippen LogP contribution in [0.15, 0.2) is 0 Å². The number of rotatable bonds is 9. The fourth-order valence-corrected chi connectivity index (χ4v) is 2.24. The van der Waals surface area contributed by atoms with Crippen molar-refractivity contribution in [3.8, 4) is 0 Å². The molecule has 0 aliphatic rings. The van der Waals surface area contributed by atoms with Gasteiger partial charge in [-0.25, -0.2) is 0 Å². The highest BCUT2D eigenvalue weighted by atomic mass is 14.8. The second-order valence-electron chi connectivity index (χ2n) is 4.55. The third kappa shape index (κ3) is 4.99. The Bertz CT molecular complexity index is 116. The maximum atomic E-state index is 3.35. The van der Waals surface area contributed by atoms with E-state index in [1.54, 1.807) is 0 Å². The monoisotopic (exact) mass is 199 g/mol. The number of nitrogens with one attached hydrogen (secondary N) is 1. The molecule has 0 aliphatic carbocycles. The molecule has 86 valence electrons. The molecular formula is C13H29N. The van der Waals surface area contributed by atoms with E-state index in [2.05, 4.69) is 33.1 Å². The van der Waals surface area contributed by atoms with Crippen molar-refractivity contribution < 1.29 is 0 Å². The molecule has 0 rings (SSSR count). The van der Waals surface area contributed by atoms with E-state index in [-0.39, 0.29) is 0 Å². The molecule has 0 saturated carbocycles. The molecule has 0 fully saturated rings. The summed E-state index contributed by atoms with van der Waals surface area (Å²) in [7, 11) is 2.08. The molecule has 0 aromatic heterocycles.